The summed E-state index contributed by atoms with van der Waals surface area (Å²) in [6, 6.07) is 2.09. The van der Waals surface area contributed by atoms with Gasteiger partial charge in [0, 0.05) is 25.8 Å². The molecule has 7 nitrogen and oxygen atoms in total. The number of carbonyl (C=O) groups excluding carboxylic acids is 1. The molecule has 0 bridgehead atoms. The van der Waals surface area contributed by atoms with E-state index in [2.05, 4.69) is 22.3 Å². The number of nitrogens with zero attached hydrogens (tertiary/aromatic N) is 6. The van der Waals surface area contributed by atoms with Gasteiger partial charge in [0.05, 0.1) is 24.4 Å². The van der Waals surface area contributed by atoms with E-state index in [-0.39, 0.29) is 11.9 Å². The van der Waals surface area contributed by atoms with Crippen LogP contribution >= 0.6 is 0 Å². The van der Waals surface area contributed by atoms with Crippen LogP contribution in [0.5, 0.6) is 0 Å². The van der Waals surface area contributed by atoms with Crippen LogP contribution in [0.2, 0.25) is 0 Å². The second-order valence-electron chi connectivity index (χ2n) is 6.31. The van der Waals surface area contributed by atoms with Crippen LogP contribution in [0, 0.1) is 5.92 Å². The molecular formula is C17H24N6O. The third-order valence-corrected chi connectivity index (χ3v) is 4.48. The molecule has 0 N–H and O–H groups in total. The number of likely N-dealkylation sites (tertiary alicyclic amines) is 1. The Hall–Kier alpha value is -2.44. The fourth-order valence-corrected chi connectivity index (χ4v) is 3.14. The van der Waals surface area contributed by atoms with Crippen LogP contribution in [0.1, 0.15) is 38.2 Å². The minimum atomic E-state index is 0.125. The van der Waals surface area contributed by atoms with Crippen molar-refractivity contribution >= 4 is 12.0 Å². The molecule has 1 aliphatic rings. The van der Waals surface area contributed by atoms with E-state index in [1.54, 1.807) is 0 Å². The molecule has 128 valence electrons. The normalized spacial score (nSPS) is 21.0. The quantitative estimate of drug-likeness (QED) is 0.839. The van der Waals surface area contributed by atoms with Crippen LogP contribution in [0.25, 0.3) is 6.08 Å². The van der Waals surface area contributed by atoms with E-state index in [1.165, 1.54) is 0 Å². The molecule has 0 saturated carbocycles. The lowest BCUT2D eigenvalue weighted by Gasteiger charge is -2.15. The van der Waals surface area contributed by atoms with E-state index >= 15 is 0 Å². The van der Waals surface area contributed by atoms with Crippen LogP contribution < -0.4 is 0 Å². The summed E-state index contributed by atoms with van der Waals surface area (Å²) in [7, 11) is 0. The topological polar surface area (TPSA) is 68.8 Å². The van der Waals surface area contributed by atoms with Crippen LogP contribution in [-0.2, 0) is 17.8 Å². The maximum atomic E-state index is 12.6. The smallest absolute Gasteiger partial charge is 0.228 e. The number of rotatable bonds is 5. The largest absolute Gasteiger partial charge is 0.340 e. The number of amides is 1. The van der Waals surface area contributed by atoms with Gasteiger partial charge in [-0.2, -0.15) is 5.10 Å². The van der Waals surface area contributed by atoms with Crippen molar-refractivity contribution in [3.05, 3.63) is 35.9 Å². The molecule has 3 rings (SSSR count). The molecule has 2 aromatic heterocycles. The third-order valence-electron chi connectivity index (χ3n) is 4.48. The molecule has 24 heavy (non-hydrogen) atoms. The molecule has 7 heteroatoms. The molecule has 0 spiro atoms. The Morgan fingerprint density at radius 2 is 2.25 bits per heavy atom. The Kier molecular flexibility index (Phi) is 4.78. The standard InChI is InChI=1S/C17H24N6O/c1-4-6-15-11-23(20-18-15)16-12-21(10-13(16)3)17(24)9-14-7-8-22(5-2)19-14/h4,6-8,11,13,16H,5,9-10,12H2,1-3H3/b6-4+/t13-,16+/m1/s1. The summed E-state index contributed by atoms with van der Waals surface area (Å²) in [5, 5.41) is 12.8. The monoisotopic (exact) mass is 328 g/mol. The number of aryl methyl sites for hydroxylation is 1. The van der Waals surface area contributed by atoms with Crippen LogP contribution in [0.4, 0.5) is 0 Å². The van der Waals surface area contributed by atoms with Crippen LogP contribution in [0.3, 0.4) is 0 Å². The van der Waals surface area contributed by atoms with E-state index in [1.807, 2.05) is 58.7 Å². The van der Waals surface area contributed by atoms with Crippen LogP contribution in [-0.4, -0.2) is 48.7 Å². The Morgan fingerprint density at radius 3 is 2.96 bits per heavy atom. The molecule has 2 atom stereocenters. The van der Waals surface area contributed by atoms with Gasteiger partial charge < -0.3 is 4.90 Å². The second-order valence-corrected chi connectivity index (χ2v) is 6.31. The summed E-state index contributed by atoms with van der Waals surface area (Å²) in [6.07, 6.45) is 8.08. The van der Waals surface area contributed by atoms with Gasteiger partial charge in [-0.15, -0.1) is 5.10 Å². The maximum absolute atomic E-state index is 12.6. The molecule has 0 aromatic carbocycles. The highest BCUT2D eigenvalue weighted by Crippen LogP contribution is 2.27. The maximum Gasteiger partial charge on any atom is 0.228 e. The van der Waals surface area contributed by atoms with Crippen molar-refractivity contribution < 1.29 is 4.79 Å². The molecule has 0 radical (unpaired) electrons. The van der Waals surface area contributed by atoms with Crippen molar-refractivity contribution in [1.29, 1.82) is 0 Å². The Balaban J connectivity index is 1.64. The van der Waals surface area contributed by atoms with Gasteiger partial charge in [0.25, 0.3) is 0 Å². The molecule has 0 unspecified atom stereocenters. The van der Waals surface area contributed by atoms with E-state index in [0.717, 1.165) is 24.5 Å². The third kappa shape index (κ3) is 3.39. The van der Waals surface area contributed by atoms with Crippen molar-refractivity contribution in [2.24, 2.45) is 5.92 Å². The zero-order valence-electron chi connectivity index (χ0n) is 14.5. The molecule has 1 fully saturated rings. The first-order valence-electron chi connectivity index (χ1n) is 8.45. The van der Waals surface area contributed by atoms with Gasteiger partial charge in [-0.25, -0.2) is 4.68 Å². The zero-order valence-corrected chi connectivity index (χ0v) is 14.5. The van der Waals surface area contributed by atoms with Crippen molar-refractivity contribution in [2.45, 2.75) is 39.8 Å². The van der Waals surface area contributed by atoms with Crippen molar-refractivity contribution in [3.8, 4) is 0 Å². The molecule has 3 heterocycles. The average molecular weight is 328 g/mol. The lowest BCUT2D eigenvalue weighted by molar-refractivity contribution is -0.129. The van der Waals surface area contributed by atoms with Crippen molar-refractivity contribution in [3.63, 3.8) is 0 Å². The highest BCUT2D eigenvalue weighted by atomic mass is 16.2. The van der Waals surface area contributed by atoms with Gasteiger partial charge in [-0.3, -0.25) is 9.48 Å². The lowest BCUT2D eigenvalue weighted by atomic mass is 10.1. The summed E-state index contributed by atoms with van der Waals surface area (Å²) >= 11 is 0. The molecule has 0 aliphatic carbocycles. The number of hydrogen-bond acceptors (Lipinski definition) is 4. The first-order chi connectivity index (χ1) is 11.6. The predicted molar refractivity (Wildman–Crippen MR) is 91.1 cm³/mol. The van der Waals surface area contributed by atoms with Gasteiger partial charge >= 0.3 is 0 Å². The molecule has 2 aromatic rings. The number of hydrogen-bond donors (Lipinski definition) is 0. The van der Waals surface area contributed by atoms with Gasteiger partial charge in [-0.1, -0.05) is 18.2 Å². The molecular weight excluding hydrogens is 304 g/mol. The highest BCUT2D eigenvalue weighted by Gasteiger charge is 2.34. The van der Waals surface area contributed by atoms with E-state index < -0.39 is 0 Å². The van der Waals surface area contributed by atoms with Gasteiger partial charge in [0.2, 0.25) is 5.91 Å². The Labute approximate surface area is 141 Å². The van der Waals surface area contributed by atoms with Gasteiger partial charge in [0.1, 0.15) is 5.69 Å². The van der Waals surface area contributed by atoms with E-state index in [4.69, 9.17) is 0 Å². The van der Waals surface area contributed by atoms with Gasteiger partial charge in [-0.05, 0) is 31.9 Å². The summed E-state index contributed by atoms with van der Waals surface area (Å²) in [6.45, 7) is 8.38. The summed E-state index contributed by atoms with van der Waals surface area (Å²) < 4.78 is 3.73. The fraction of sp³-hybridized carbons (Fsp3) is 0.529. The van der Waals surface area contributed by atoms with Gasteiger partial charge in [0.15, 0.2) is 0 Å². The second kappa shape index (κ2) is 6.98. The number of aromatic nitrogens is 5. The molecule has 1 saturated heterocycles. The summed E-state index contributed by atoms with van der Waals surface area (Å²) in [5.41, 5.74) is 1.67. The molecule has 1 aliphatic heterocycles. The Morgan fingerprint density at radius 1 is 1.42 bits per heavy atom. The first kappa shape index (κ1) is 16.4. The minimum absolute atomic E-state index is 0.125. The summed E-state index contributed by atoms with van der Waals surface area (Å²) in [4.78, 5) is 14.5. The zero-order chi connectivity index (χ0) is 17.1. The fourth-order valence-electron chi connectivity index (χ4n) is 3.14. The molecule has 1 amide bonds. The summed E-state index contributed by atoms with van der Waals surface area (Å²) in [5.74, 6) is 0.474. The minimum Gasteiger partial charge on any atom is -0.340 e. The highest BCUT2D eigenvalue weighted by molar-refractivity contribution is 5.78. The van der Waals surface area contributed by atoms with E-state index in [0.29, 0.717) is 18.9 Å². The number of allylic oxidation sites excluding steroid dienone is 1. The first-order valence-corrected chi connectivity index (χ1v) is 8.45. The SMILES string of the molecule is C/C=C/c1cn([C@H]2CN(C(=O)Cc3ccn(CC)n3)C[C@H]2C)nn1. The lowest BCUT2D eigenvalue weighted by Crippen LogP contribution is -2.30. The van der Waals surface area contributed by atoms with Crippen molar-refractivity contribution in [1.82, 2.24) is 29.7 Å². The average Bonchev–Trinajstić information content (AvgIpc) is 3.27. The predicted octanol–water partition coefficient (Wildman–Crippen LogP) is 1.79. The van der Waals surface area contributed by atoms with E-state index in [9.17, 15) is 4.79 Å². The van der Waals surface area contributed by atoms with Crippen molar-refractivity contribution in [2.75, 3.05) is 13.1 Å². The van der Waals surface area contributed by atoms with Crippen LogP contribution in [0.15, 0.2) is 24.5 Å². The Bertz CT molecular complexity index is 731. The number of carbonyl (C=O) groups is 1.